The molecule has 6 heteroatoms. The summed E-state index contributed by atoms with van der Waals surface area (Å²) in [6, 6.07) is 0. The third kappa shape index (κ3) is 4.84. The smallest absolute Gasteiger partial charge is 0.405 e. The Kier molecular flexibility index (Phi) is 4.48. The summed E-state index contributed by atoms with van der Waals surface area (Å²) >= 11 is 0. The number of aryl methyl sites for hydroxylation is 2. The first-order chi connectivity index (χ1) is 7.93. The summed E-state index contributed by atoms with van der Waals surface area (Å²) in [5.74, 6) is 1.34. The van der Waals surface area contributed by atoms with E-state index >= 15 is 0 Å². The summed E-state index contributed by atoms with van der Waals surface area (Å²) in [4.78, 5) is 14.8. The lowest BCUT2D eigenvalue weighted by atomic mass is 10.0. The van der Waals surface area contributed by atoms with Crippen molar-refractivity contribution in [1.82, 2.24) is 10.1 Å². The zero-order valence-corrected chi connectivity index (χ0v) is 10.5. The molecule has 0 saturated carbocycles. The van der Waals surface area contributed by atoms with Crippen LogP contribution in [0.15, 0.2) is 4.52 Å². The first kappa shape index (κ1) is 13.5. The van der Waals surface area contributed by atoms with Gasteiger partial charge < -0.3 is 15.0 Å². The average Bonchev–Trinajstić information content (AvgIpc) is 2.63. The van der Waals surface area contributed by atoms with Crippen LogP contribution in [0.25, 0.3) is 0 Å². The maximum absolute atomic E-state index is 10.6. The highest BCUT2D eigenvalue weighted by atomic mass is 16.6. The molecule has 0 aromatic carbocycles. The van der Waals surface area contributed by atoms with E-state index in [1.165, 1.54) is 0 Å². The maximum Gasteiger partial charge on any atom is 0.405 e. The van der Waals surface area contributed by atoms with Crippen LogP contribution in [-0.4, -0.2) is 21.8 Å². The van der Waals surface area contributed by atoms with Crippen LogP contribution in [0.4, 0.5) is 4.79 Å². The summed E-state index contributed by atoms with van der Waals surface area (Å²) in [6.07, 6.45) is 2.19. The minimum atomic E-state index is -0.749. The molecule has 0 aliphatic rings. The lowest BCUT2D eigenvalue weighted by Crippen LogP contribution is -2.31. The quantitative estimate of drug-likeness (QED) is 0.820. The molecule has 0 saturated heterocycles. The molecule has 0 spiro atoms. The standard InChI is InChI=1S/C11H19N3O3/c1-4-8-13-9(17-14-8)6-5-7-11(2,3)16-10(12)15/h4-7H2,1-3H3,(H2,12,15). The Labute approximate surface area is 101 Å². The molecule has 0 fully saturated rings. The molecule has 1 heterocycles. The molecule has 2 N–H and O–H groups in total. The first-order valence-electron chi connectivity index (χ1n) is 5.73. The van der Waals surface area contributed by atoms with Crippen LogP contribution in [0.5, 0.6) is 0 Å². The maximum atomic E-state index is 10.6. The van der Waals surface area contributed by atoms with Gasteiger partial charge in [0, 0.05) is 12.8 Å². The Morgan fingerprint density at radius 1 is 1.53 bits per heavy atom. The Morgan fingerprint density at radius 3 is 2.76 bits per heavy atom. The number of carbonyl (C=O) groups is 1. The van der Waals surface area contributed by atoms with E-state index in [1.807, 2.05) is 20.8 Å². The number of hydrogen-bond donors (Lipinski definition) is 1. The predicted molar refractivity (Wildman–Crippen MR) is 61.4 cm³/mol. The number of carbonyl (C=O) groups excluding carboxylic acids is 1. The number of ether oxygens (including phenoxy) is 1. The second-order valence-corrected chi connectivity index (χ2v) is 4.49. The van der Waals surface area contributed by atoms with E-state index in [-0.39, 0.29) is 0 Å². The van der Waals surface area contributed by atoms with Gasteiger partial charge in [-0.1, -0.05) is 12.1 Å². The van der Waals surface area contributed by atoms with Gasteiger partial charge in [-0.25, -0.2) is 4.79 Å². The second kappa shape index (κ2) is 5.65. The van der Waals surface area contributed by atoms with Gasteiger partial charge in [0.15, 0.2) is 5.82 Å². The van der Waals surface area contributed by atoms with Crippen molar-refractivity contribution < 1.29 is 14.1 Å². The molecular weight excluding hydrogens is 222 g/mol. The highest BCUT2D eigenvalue weighted by Gasteiger charge is 2.21. The molecule has 6 nitrogen and oxygen atoms in total. The lowest BCUT2D eigenvalue weighted by molar-refractivity contribution is 0.0374. The fraction of sp³-hybridized carbons (Fsp3) is 0.727. The molecule has 0 bridgehead atoms. The summed E-state index contributed by atoms with van der Waals surface area (Å²) in [6.45, 7) is 5.62. The first-order valence-corrected chi connectivity index (χ1v) is 5.73. The fourth-order valence-electron chi connectivity index (χ4n) is 1.52. The predicted octanol–water partition coefficient (Wildman–Crippen LogP) is 1.83. The zero-order valence-electron chi connectivity index (χ0n) is 10.5. The van der Waals surface area contributed by atoms with Gasteiger partial charge in [-0.2, -0.15) is 4.98 Å². The number of nitrogens with two attached hydrogens (primary N) is 1. The van der Waals surface area contributed by atoms with Crippen LogP contribution in [0, 0.1) is 0 Å². The van der Waals surface area contributed by atoms with Crippen molar-refractivity contribution in [2.75, 3.05) is 0 Å². The topological polar surface area (TPSA) is 91.2 Å². The van der Waals surface area contributed by atoms with Gasteiger partial charge in [0.2, 0.25) is 5.89 Å². The zero-order chi connectivity index (χ0) is 12.9. The number of nitrogens with zero attached hydrogens (tertiary/aromatic N) is 2. The molecule has 0 radical (unpaired) electrons. The van der Waals surface area contributed by atoms with E-state index in [0.29, 0.717) is 24.6 Å². The summed E-state index contributed by atoms with van der Waals surface area (Å²) in [5.41, 5.74) is 4.42. The van der Waals surface area contributed by atoms with Gasteiger partial charge in [0.1, 0.15) is 5.60 Å². The minimum Gasteiger partial charge on any atom is -0.444 e. The van der Waals surface area contributed by atoms with Gasteiger partial charge in [0.05, 0.1) is 0 Å². The van der Waals surface area contributed by atoms with Crippen LogP contribution in [0.1, 0.15) is 45.3 Å². The van der Waals surface area contributed by atoms with Gasteiger partial charge in [-0.3, -0.25) is 0 Å². The van der Waals surface area contributed by atoms with Crippen molar-refractivity contribution >= 4 is 6.09 Å². The van der Waals surface area contributed by atoms with E-state index in [2.05, 4.69) is 10.1 Å². The van der Waals surface area contributed by atoms with E-state index in [1.54, 1.807) is 0 Å². The number of rotatable bonds is 6. The monoisotopic (exact) mass is 241 g/mol. The van der Waals surface area contributed by atoms with E-state index in [4.69, 9.17) is 15.0 Å². The van der Waals surface area contributed by atoms with E-state index in [0.717, 1.165) is 12.8 Å². The highest BCUT2D eigenvalue weighted by molar-refractivity contribution is 5.65. The number of hydrogen-bond acceptors (Lipinski definition) is 5. The van der Waals surface area contributed by atoms with Gasteiger partial charge in [-0.15, -0.1) is 0 Å². The number of amides is 1. The lowest BCUT2D eigenvalue weighted by Gasteiger charge is -2.23. The second-order valence-electron chi connectivity index (χ2n) is 4.49. The van der Waals surface area contributed by atoms with Crippen LogP contribution in [0.3, 0.4) is 0 Å². The normalized spacial score (nSPS) is 11.5. The van der Waals surface area contributed by atoms with Gasteiger partial charge in [-0.05, 0) is 26.7 Å². The molecule has 0 atom stereocenters. The van der Waals surface area contributed by atoms with Crippen molar-refractivity contribution in [3.05, 3.63) is 11.7 Å². The Balaban J connectivity index is 2.34. The van der Waals surface area contributed by atoms with Crippen molar-refractivity contribution in [3.8, 4) is 0 Å². The highest BCUT2D eigenvalue weighted by Crippen LogP contribution is 2.18. The Hall–Kier alpha value is -1.59. The van der Waals surface area contributed by atoms with Crippen molar-refractivity contribution in [1.29, 1.82) is 0 Å². The molecule has 0 unspecified atom stereocenters. The SMILES string of the molecule is CCc1noc(CCCC(C)(C)OC(N)=O)n1. The van der Waals surface area contributed by atoms with E-state index in [9.17, 15) is 4.79 Å². The largest absolute Gasteiger partial charge is 0.444 e. The van der Waals surface area contributed by atoms with Crippen molar-refractivity contribution in [3.63, 3.8) is 0 Å². The third-order valence-electron chi connectivity index (χ3n) is 2.37. The third-order valence-corrected chi connectivity index (χ3v) is 2.37. The molecular formula is C11H19N3O3. The Morgan fingerprint density at radius 2 is 2.24 bits per heavy atom. The van der Waals surface area contributed by atoms with Crippen molar-refractivity contribution in [2.24, 2.45) is 5.73 Å². The molecule has 1 aromatic heterocycles. The van der Waals surface area contributed by atoms with Crippen molar-refractivity contribution in [2.45, 2.75) is 52.1 Å². The number of primary amides is 1. The van der Waals surface area contributed by atoms with Crippen LogP contribution < -0.4 is 5.73 Å². The molecule has 1 rings (SSSR count). The van der Waals surface area contributed by atoms with Crippen LogP contribution >= 0.6 is 0 Å². The minimum absolute atomic E-state index is 0.556. The van der Waals surface area contributed by atoms with Crippen LogP contribution in [0.2, 0.25) is 0 Å². The van der Waals surface area contributed by atoms with Gasteiger partial charge >= 0.3 is 6.09 Å². The summed E-state index contributed by atoms with van der Waals surface area (Å²) in [7, 11) is 0. The summed E-state index contributed by atoms with van der Waals surface area (Å²) in [5, 5.41) is 3.81. The van der Waals surface area contributed by atoms with Crippen LogP contribution in [-0.2, 0) is 17.6 Å². The van der Waals surface area contributed by atoms with Gasteiger partial charge in [0.25, 0.3) is 0 Å². The summed E-state index contributed by atoms with van der Waals surface area (Å²) < 4.78 is 10.0. The molecule has 96 valence electrons. The molecule has 1 aromatic rings. The average molecular weight is 241 g/mol. The van der Waals surface area contributed by atoms with E-state index < -0.39 is 11.7 Å². The fourth-order valence-corrected chi connectivity index (χ4v) is 1.52. The Bertz CT molecular complexity index is 374. The number of aromatic nitrogens is 2. The molecule has 0 aliphatic heterocycles. The molecule has 1 amide bonds. The molecule has 17 heavy (non-hydrogen) atoms. The molecule has 0 aliphatic carbocycles.